The van der Waals surface area contributed by atoms with Gasteiger partial charge in [-0.1, -0.05) is 36.8 Å². The Morgan fingerprint density at radius 1 is 1.43 bits per heavy atom. The van der Waals surface area contributed by atoms with Crippen LogP contribution in [-0.4, -0.2) is 35.6 Å². The molecule has 0 aliphatic heterocycles. The van der Waals surface area contributed by atoms with Crippen molar-refractivity contribution in [2.75, 3.05) is 13.7 Å². The molecule has 1 aromatic rings. The molecule has 3 nitrogen and oxygen atoms in total. The lowest BCUT2D eigenvalue weighted by molar-refractivity contribution is 0.0736. The molecule has 0 bridgehead atoms. The van der Waals surface area contributed by atoms with Crippen molar-refractivity contribution in [3.63, 3.8) is 0 Å². The maximum atomic E-state index is 12.7. The number of carbonyl (C=O) groups excluding carboxylic acids is 1. The third-order valence-corrected chi connectivity index (χ3v) is 3.55. The van der Waals surface area contributed by atoms with Crippen molar-refractivity contribution in [3.05, 3.63) is 34.9 Å². The van der Waals surface area contributed by atoms with Crippen molar-refractivity contribution in [1.82, 2.24) is 4.90 Å². The number of nitrogens with zero attached hydrogens (tertiary/aromatic N) is 1. The van der Waals surface area contributed by atoms with E-state index in [1.807, 2.05) is 32.2 Å². The first-order valence-electron chi connectivity index (χ1n) is 7.48. The number of hydrogen-bond donors (Lipinski definition) is 1. The van der Waals surface area contributed by atoms with Gasteiger partial charge in [-0.05, 0) is 32.4 Å². The fourth-order valence-corrected chi connectivity index (χ4v) is 2.16. The van der Waals surface area contributed by atoms with E-state index in [1.165, 1.54) is 0 Å². The molecule has 0 fully saturated rings. The van der Waals surface area contributed by atoms with Crippen LogP contribution < -0.4 is 0 Å². The van der Waals surface area contributed by atoms with Gasteiger partial charge in [0.2, 0.25) is 0 Å². The first-order chi connectivity index (χ1) is 10.0. The largest absolute Gasteiger partial charge is 0.395 e. The molecule has 21 heavy (non-hydrogen) atoms. The number of carbonyl (C=O) groups is 1. The minimum absolute atomic E-state index is 0.00736. The summed E-state index contributed by atoms with van der Waals surface area (Å²) in [7, 11) is 1.84. The van der Waals surface area contributed by atoms with Gasteiger partial charge >= 0.3 is 0 Å². The number of aliphatic hydroxyl groups excluding tert-OH is 1. The van der Waals surface area contributed by atoms with Crippen molar-refractivity contribution in [3.8, 4) is 11.8 Å². The minimum Gasteiger partial charge on any atom is -0.395 e. The first-order valence-corrected chi connectivity index (χ1v) is 7.48. The van der Waals surface area contributed by atoms with Gasteiger partial charge in [0.25, 0.3) is 5.91 Å². The van der Waals surface area contributed by atoms with Gasteiger partial charge in [-0.2, -0.15) is 0 Å². The molecule has 1 rings (SSSR count). The van der Waals surface area contributed by atoms with Crippen LogP contribution >= 0.6 is 0 Å². The van der Waals surface area contributed by atoms with Crippen molar-refractivity contribution in [2.24, 2.45) is 0 Å². The van der Waals surface area contributed by atoms with Crippen molar-refractivity contribution in [2.45, 2.75) is 46.1 Å². The highest BCUT2D eigenvalue weighted by molar-refractivity contribution is 5.97. The number of benzene rings is 1. The van der Waals surface area contributed by atoms with Crippen LogP contribution in [0.2, 0.25) is 0 Å². The zero-order valence-corrected chi connectivity index (χ0v) is 13.4. The summed E-state index contributed by atoms with van der Waals surface area (Å²) < 4.78 is 0. The van der Waals surface area contributed by atoms with Gasteiger partial charge in [-0.3, -0.25) is 4.79 Å². The lowest BCUT2D eigenvalue weighted by Crippen LogP contribution is -2.35. The Labute approximate surface area is 128 Å². The third-order valence-electron chi connectivity index (χ3n) is 3.55. The van der Waals surface area contributed by atoms with Crippen LogP contribution in [0.1, 0.15) is 54.6 Å². The second-order valence-electron chi connectivity index (χ2n) is 5.38. The summed E-state index contributed by atoms with van der Waals surface area (Å²) in [5.41, 5.74) is 2.42. The van der Waals surface area contributed by atoms with Crippen LogP contribution in [0.15, 0.2) is 18.2 Å². The summed E-state index contributed by atoms with van der Waals surface area (Å²) in [5.74, 6) is 5.89. The monoisotopic (exact) mass is 287 g/mol. The van der Waals surface area contributed by atoms with E-state index in [2.05, 4.69) is 25.7 Å². The Balaban J connectivity index is 3.07. The third kappa shape index (κ3) is 4.91. The van der Waals surface area contributed by atoms with Crippen LogP contribution in [0.4, 0.5) is 0 Å². The van der Waals surface area contributed by atoms with Gasteiger partial charge in [-0.15, -0.1) is 0 Å². The second kappa shape index (κ2) is 8.49. The van der Waals surface area contributed by atoms with E-state index in [-0.39, 0.29) is 18.6 Å². The molecule has 0 heterocycles. The van der Waals surface area contributed by atoms with Gasteiger partial charge in [0.15, 0.2) is 0 Å². The number of aliphatic hydroxyl groups is 1. The van der Waals surface area contributed by atoms with E-state index in [0.717, 1.165) is 24.0 Å². The summed E-state index contributed by atoms with van der Waals surface area (Å²) in [6.45, 7) is 6.19. The van der Waals surface area contributed by atoms with Gasteiger partial charge in [-0.25, -0.2) is 0 Å². The Morgan fingerprint density at radius 3 is 2.76 bits per heavy atom. The van der Waals surface area contributed by atoms with Gasteiger partial charge in [0.05, 0.1) is 12.2 Å². The molecule has 114 valence electrons. The van der Waals surface area contributed by atoms with E-state index in [0.29, 0.717) is 12.0 Å². The van der Waals surface area contributed by atoms with Crippen molar-refractivity contribution < 1.29 is 9.90 Å². The molecule has 1 amide bonds. The zero-order valence-electron chi connectivity index (χ0n) is 13.4. The summed E-state index contributed by atoms with van der Waals surface area (Å²) in [5, 5.41) is 8.81. The zero-order chi connectivity index (χ0) is 15.8. The van der Waals surface area contributed by atoms with Crippen molar-refractivity contribution >= 4 is 5.91 Å². The van der Waals surface area contributed by atoms with Gasteiger partial charge in [0, 0.05) is 25.1 Å². The Morgan fingerprint density at radius 2 is 2.14 bits per heavy atom. The fourth-order valence-electron chi connectivity index (χ4n) is 2.16. The number of amides is 1. The molecule has 0 aliphatic carbocycles. The molecule has 1 unspecified atom stereocenters. The van der Waals surface area contributed by atoms with Gasteiger partial charge < -0.3 is 10.0 Å². The Bertz CT molecular complexity index is 540. The van der Waals surface area contributed by atoms with Gasteiger partial charge in [0.1, 0.15) is 0 Å². The summed E-state index contributed by atoms with van der Waals surface area (Å²) in [6, 6.07) is 5.93. The molecule has 1 N–H and O–H groups in total. The molecule has 0 spiro atoms. The summed E-state index contributed by atoms with van der Waals surface area (Å²) >= 11 is 0. The van der Waals surface area contributed by atoms with E-state index < -0.39 is 0 Å². The normalized spacial score (nSPS) is 11.5. The number of hydrogen-bond acceptors (Lipinski definition) is 2. The van der Waals surface area contributed by atoms with Crippen LogP contribution in [0, 0.1) is 18.8 Å². The van der Waals surface area contributed by atoms with E-state index in [1.54, 1.807) is 4.90 Å². The Hall–Kier alpha value is -1.79. The smallest absolute Gasteiger partial charge is 0.255 e. The van der Waals surface area contributed by atoms with E-state index in [4.69, 9.17) is 5.11 Å². The maximum absolute atomic E-state index is 12.7. The van der Waals surface area contributed by atoms with Crippen LogP contribution in [0.5, 0.6) is 0 Å². The van der Waals surface area contributed by atoms with Crippen LogP contribution in [0.25, 0.3) is 0 Å². The SMILES string of the molecule is CCCC(C)N(C)C(=O)c1cc(C)ccc1C#CCCO. The molecule has 1 atom stereocenters. The minimum atomic E-state index is 0.00736. The Kier molecular flexibility index (Phi) is 6.98. The molecular formula is C18H25NO2. The molecule has 0 aliphatic rings. The molecule has 0 saturated carbocycles. The van der Waals surface area contributed by atoms with Crippen molar-refractivity contribution in [1.29, 1.82) is 0 Å². The van der Waals surface area contributed by atoms with Crippen LogP contribution in [-0.2, 0) is 0 Å². The molecule has 3 heteroatoms. The predicted octanol–water partition coefficient (Wildman–Crippen LogP) is 2.99. The summed E-state index contributed by atoms with van der Waals surface area (Å²) in [4.78, 5) is 14.5. The molecule has 1 aromatic carbocycles. The maximum Gasteiger partial charge on any atom is 0.255 e. The predicted molar refractivity (Wildman–Crippen MR) is 86.2 cm³/mol. The molecule has 0 saturated heterocycles. The lowest BCUT2D eigenvalue weighted by Gasteiger charge is -2.25. The lowest BCUT2D eigenvalue weighted by atomic mass is 10.0. The highest BCUT2D eigenvalue weighted by atomic mass is 16.2. The quantitative estimate of drug-likeness (QED) is 0.846. The highest BCUT2D eigenvalue weighted by Crippen LogP contribution is 2.16. The average Bonchev–Trinajstić information content (AvgIpc) is 2.47. The number of aryl methyl sites for hydroxylation is 1. The average molecular weight is 287 g/mol. The highest BCUT2D eigenvalue weighted by Gasteiger charge is 2.19. The van der Waals surface area contributed by atoms with E-state index in [9.17, 15) is 4.79 Å². The first kappa shape index (κ1) is 17.3. The molecule has 0 radical (unpaired) electrons. The number of rotatable bonds is 5. The van der Waals surface area contributed by atoms with Crippen LogP contribution in [0.3, 0.4) is 0 Å². The van der Waals surface area contributed by atoms with E-state index >= 15 is 0 Å². The topological polar surface area (TPSA) is 40.5 Å². The standard InChI is InChI=1S/C18H25NO2/c1-5-8-15(3)19(4)18(21)17-13-14(2)10-11-16(17)9-6-7-12-20/h10-11,13,15,20H,5,7-8,12H2,1-4H3. The molecule has 0 aromatic heterocycles. The second-order valence-corrected chi connectivity index (χ2v) is 5.38. The summed E-state index contributed by atoms with van der Waals surface area (Å²) in [6.07, 6.45) is 2.46. The fraction of sp³-hybridized carbons (Fsp3) is 0.500. The molecular weight excluding hydrogens is 262 g/mol.